The van der Waals surface area contributed by atoms with Crippen LogP contribution in [-0.4, -0.2) is 11.7 Å². The van der Waals surface area contributed by atoms with E-state index in [1.54, 1.807) is 24.3 Å². The molecule has 0 fully saturated rings. The number of benzene rings is 2. The van der Waals surface area contributed by atoms with E-state index in [0.717, 1.165) is 5.56 Å². The Kier molecular flexibility index (Phi) is 4.84. The van der Waals surface area contributed by atoms with Crippen LogP contribution < -0.4 is 10.1 Å². The zero-order valence-corrected chi connectivity index (χ0v) is 12.6. The summed E-state index contributed by atoms with van der Waals surface area (Å²) in [5.74, 6) is 0.0648. The highest BCUT2D eigenvalue weighted by Gasteiger charge is 2.04. The van der Waals surface area contributed by atoms with Gasteiger partial charge in [-0.1, -0.05) is 6.07 Å². The maximum Gasteiger partial charge on any atom is 0.167 e. The second kappa shape index (κ2) is 6.61. The Morgan fingerprint density at radius 1 is 1.25 bits per heavy atom. The number of phenols is 1. The Hall–Kier alpha value is -1.75. The summed E-state index contributed by atoms with van der Waals surface area (Å²) in [4.78, 5) is 0. The van der Waals surface area contributed by atoms with Gasteiger partial charge in [-0.25, -0.2) is 4.39 Å². The fraction of sp³-hybridized carbons (Fsp3) is 0.200. The number of rotatable bonds is 5. The first-order valence-electron chi connectivity index (χ1n) is 6.23. The van der Waals surface area contributed by atoms with E-state index in [1.807, 2.05) is 13.0 Å². The van der Waals surface area contributed by atoms with Crippen LogP contribution in [0.25, 0.3) is 0 Å². The van der Waals surface area contributed by atoms with Crippen molar-refractivity contribution in [1.29, 1.82) is 0 Å². The van der Waals surface area contributed by atoms with Gasteiger partial charge in [0, 0.05) is 18.3 Å². The Labute approximate surface area is 125 Å². The molecular formula is C15H15BrFNO2. The lowest BCUT2D eigenvalue weighted by Gasteiger charge is -2.10. The number of anilines is 1. The number of aromatic hydroxyl groups is 1. The first-order chi connectivity index (χ1) is 9.60. The fourth-order valence-electron chi connectivity index (χ4n) is 1.75. The third-order valence-corrected chi connectivity index (χ3v) is 3.38. The van der Waals surface area contributed by atoms with Crippen LogP contribution in [0.4, 0.5) is 10.1 Å². The maximum atomic E-state index is 13.7. The molecular weight excluding hydrogens is 325 g/mol. The molecule has 5 heteroatoms. The topological polar surface area (TPSA) is 41.5 Å². The predicted molar refractivity (Wildman–Crippen MR) is 80.7 cm³/mol. The molecule has 20 heavy (non-hydrogen) atoms. The molecule has 0 saturated carbocycles. The van der Waals surface area contributed by atoms with Crippen molar-refractivity contribution in [2.45, 2.75) is 13.5 Å². The van der Waals surface area contributed by atoms with E-state index in [9.17, 15) is 9.50 Å². The zero-order valence-electron chi connectivity index (χ0n) is 11.0. The third-order valence-electron chi connectivity index (χ3n) is 2.74. The molecule has 0 radical (unpaired) electrons. The number of phenolic OH excluding ortho intramolecular Hbond substituents is 1. The molecule has 0 aromatic heterocycles. The summed E-state index contributed by atoms with van der Waals surface area (Å²) in [5.41, 5.74) is 1.65. The molecule has 0 amide bonds. The number of hydrogen-bond acceptors (Lipinski definition) is 3. The number of ether oxygens (including phenoxy) is 1. The number of nitrogens with one attached hydrogen (secondary N) is 1. The highest BCUT2D eigenvalue weighted by atomic mass is 79.9. The van der Waals surface area contributed by atoms with Crippen molar-refractivity contribution in [3.63, 3.8) is 0 Å². The lowest BCUT2D eigenvalue weighted by molar-refractivity contribution is 0.321. The Morgan fingerprint density at radius 2 is 2.05 bits per heavy atom. The van der Waals surface area contributed by atoms with Crippen LogP contribution in [0.2, 0.25) is 0 Å². The van der Waals surface area contributed by atoms with Gasteiger partial charge >= 0.3 is 0 Å². The SMILES string of the molecule is CCOc1ccc(NCc2ccc(O)c(Br)c2)cc1F. The summed E-state index contributed by atoms with van der Waals surface area (Å²) in [6, 6.07) is 10.0. The molecule has 0 aliphatic carbocycles. The fourth-order valence-corrected chi connectivity index (χ4v) is 2.17. The van der Waals surface area contributed by atoms with Crippen LogP contribution in [0.5, 0.6) is 11.5 Å². The third kappa shape index (κ3) is 3.63. The van der Waals surface area contributed by atoms with E-state index in [1.165, 1.54) is 6.07 Å². The minimum absolute atomic E-state index is 0.195. The van der Waals surface area contributed by atoms with Gasteiger partial charge in [-0.05, 0) is 52.7 Å². The molecule has 0 saturated heterocycles. The van der Waals surface area contributed by atoms with Crippen LogP contribution >= 0.6 is 15.9 Å². The van der Waals surface area contributed by atoms with Crippen molar-refractivity contribution in [2.24, 2.45) is 0 Å². The smallest absolute Gasteiger partial charge is 0.167 e. The van der Waals surface area contributed by atoms with E-state index in [-0.39, 0.29) is 17.3 Å². The van der Waals surface area contributed by atoms with Gasteiger partial charge in [0.15, 0.2) is 11.6 Å². The first-order valence-corrected chi connectivity index (χ1v) is 7.03. The molecule has 0 atom stereocenters. The summed E-state index contributed by atoms with van der Waals surface area (Å²) < 4.78 is 19.5. The standard InChI is InChI=1S/C15H15BrFNO2/c1-2-20-15-6-4-11(8-13(15)17)18-9-10-3-5-14(19)12(16)7-10/h3-8,18-19H,2,9H2,1H3. The summed E-state index contributed by atoms with van der Waals surface area (Å²) in [7, 11) is 0. The van der Waals surface area contributed by atoms with Gasteiger partial charge in [0.1, 0.15) is 5.75 Å². The summed E-state index contributed by atoms with van der Waals surface area (Å²) in [6.45, 7) is 2.78. The van der Waals surface area contributed by atoms with Gasteiger partial charge in [0.05, 0.1) is 11.1 Å². The molecule has 2 rings (SSSR count). The molecule has 106 valence electrons. The van der Waals surface area contributed by atoms with Crippen LogP contribution in [0.1, 0.15) is 12.5 Å². The summed E-state index contributed by atoms with van der Waals surface area (Å²) in [5, 5.41) is 12.5. The van der Waals surface area contributed by atoms with E-state index < -0.39 is 0 Å². The second-order valence-electron chi connectivity index (χ2n) is 4.22. The van der Waals surface area contributed by atoms with Gasteiger partial charge in [-0.15, -0.1) is 0 Å². The van der Waals surface area contributed by atoms with E-state index >= 15 is 0 Å². The Morgan fingerprint density at radius 3 is 2.70 bits per heavy atom. The van der Waals surface area contributed by atoms with Gasteiger partial charge < -0.3 is 15.2 Å². The van der Waals surface area contributed by atoms with Gasteiger partial charge in [-0.2, -0.15) is 0 Å². The molecule has 0 spiro atoms. The lowest BCUT2D eigenvalue weighted by Crippen LogP contribution is -2.01. The van der Waals surface area contributed by atoms with Crippen LogP contribution in [0.15, 0.2) is 40.9 Å². The molecule has 0 heterocycles. The molecule has 2 N–H and O–H groups in total. The first kappa shape index (κ1) is 14.7. The van der Waals surface area contributed by atoms with Crippen molar-refractivity contribution in [2.75, 3.05) is 11.9 Å². The molecule has 0 aliphatic rings. The van der Waals surface area contributed by atoms with Crippen molar-refractivity contribution in [3.05, 3.63) is 52.3 Å². The van der Waals surface area contributed by atoms with Crippen LogP contribution in [-0.2, 0) is 6.54 Å². The Balaban J connectivity index is 2.03. The van der Waals surface area contributed by atoms with E-state index in [2.05, 4.69) is 21.2 Å². The molecule has 2 aromatic rings. The van der Waals surface area contributed by atoms with Crippen molar-refractivity contribution in [3.8, 4) is 11.5 Å². The summed E-state index contributed by atoms with van der Waals surface area (Å²) in [6.07, 6.45) is 0. The average Bonchev–Trinajstić information content (AvgIpc) is 2.43. The maximum absolute atomic E-state index is 13.7. The number of halogens is 2. The molecule has 2 aromatic carbocycles. The van der Waals surface area contributed by atoms with E-state index in [4.69, 9.17) is 4.74 Å². The quantitative estimate of drug-likeness (QED) is 0.853. The van der Waals surface area contributed by atoms with Gasteiger partial charge in [-0.3, -0.25) is 0 Å². The molecule has 0 bridgehead atoms. The van der Waals surface area contributed by atoms with Crippen molar-refractivity contribution < 1.29 is 14.2 Å². The minimum atomic E-state index is -0.385. The average molecular weight is 340 g/mol. The second-order valence-corrected chi connectivity index (χ2v) is 5.07. The highest BCUT2D eigenvalue weighted by Crippen LogP contribution is 2.25. The molecule has 3 nitrogen and oxygen atoms in total. The van der Waals surface area contributed by atoms with Gasteiger partial charge in [0.25, 0.3) is 0 Å². The minimum Gasteiger partial charge on any atom is -0.507 e. The van der Waals surface area contributed by atoms with Gasteiger partial charge in [0.2, 0.25) is 0 Å². The van der Waals surface area contributed by atoms with Crippen LogP contribution in [0.3, 0.4) is 0 Å². The molecule has 0 aliphatic heterocycles. The molecule has 0 unspecified atom stereocenters. The normalized spacial score (nSPS) is 10.3. The summed E-state index contributed by atoms with van der Waals surface area (Å²) >= 11 is 3.26. The van der Waals surface area contributed by atoms with Crippen molar-refractivity contribution in [1.82, 2.24) is 0 Å². The highest BCUT2D eigenvalue weighted by molar-refractivity contribution is 9.10. The largest absolute Gasteiger partial charge is 0.507 e. The van der Waals surface area contributed by atoms with Crippen molar-refractivity contribution >= 4 is 21.6 Å². The predicted octanol–water partition coefficient (Wildman–Crippen LogP) is 4.30. The van der Waals surface area contributed by atoms with Crippen LogP contribution in [0, 0.1) is 5.82 Å². The van der Waals surface area contributed by atoms with E-state index in [0.29, 0.717) is 23.3 Å². The number of hydrogen-bond donors (Lipinski definition) is 2. The Bertz CT molecular complexity index is 604. The zero-order chi connectivity index (χ0) is 14.5. The lowest BCUT2D eigenvalue weighted by atomic mass is 10.2. The monoisotopic (exact) mass is 339 g/mol.